The molecule has 0 saturated heterocycles. The molecule has 0 radical (unpaired) electrons. The molecule has 1 heterocycles. The van der Waals surface area contributed by atoms with Crippen LogP contribution in [-0.4, -0.2) is 16.4 Å². The molecule has 0 fully saturated rings. The van der Waals surface area contributed by atoms with Crippen molar-refractivity contribution in [1.82, 2.24) is 5.16 Å². The summed E-state index contributed by atoms with van der Waals surface area (Å²) in [5.41, 5.74) is 0. The van der Waals surface area contributed by atoms with Crippen molar-refractivity contribution in [2.24, 2.45) is 11.1 Å². The van der Waals surface area contributed by atoms with Gasteiger partial charge in [0.25, 0.3) is 0 Å². The maximum absolute atomic E-state index is 11.2. The van der Waals surface area contributed by atoms with E-state index in [0.29, 0.717) is 5.76 Å². The third-order valence-corrected chi connectivity index (χ3v) is 2.06. The molecule has 0 aromatic carbocycles. The molecule has 0 aliphatic rings. The lowest BCUT2D eigenvalue weighted by Gasteiger charge is -2.01. The van der Waals surface area contributed by atoms with Gasteiger partial charge in [-0.3, -0.25) is 10.2 Å². The van der Waals surface area contributed by atoms with Crippen LogP contribution in [0.25, 0.3) is 0 Å². The van der Waals surface area contributed by atoms with E-state index < -0.39 is 6.09 Å². The van der Waals surface area contributed by atoms with Crippen LogP contribution in [-0.2, 0) is 4.84 Å². The zero-order chi connectivity index (χ0) is 12.1. The number of carbonyl (C=O) groups excluding carboxylic acids is 1. The van der Waals surface area contributed by atoms with Crippen molar-refractivity contribution in [3.8, 4) is 0 Å². The molecule has 1 aromatic heterocycles. The van der Waals surface area contributed by atoms with Gasteiger partial charge in [-0.2, -0.15) is 0 Å². The van der Waals surface area contributed by atoms with E-state index in [0.717, 1.165) is 0 Å². The van der Waals surface area contributed by atoms with Gasteiger partial charge in [-0.1, -0.05) is 35.8 Å². The molecule has 0 spiro atoms. The molecule has 0 saturated carbocycles. The number of aromatic nitrogens is 1. The van der Waals surface area contributed by atoms with Crippen LogP contribution >= 0.6 is 11.6 Å². The summed E-state index contributed by atoms with van der Waals surface area (Å²) in [6.07, 6.45) is -0.771. The second-order valence-electron chi connectivity index (χ2n) is 3.40. The first kappa shape index (κ1) is 12.5. The Kier molecular flexibility index (Phi) is 4.30. The zero-order valence-electron chi connectivity index (χ0n) is 9.15. The lowest BCUT2D eigenvalue weighted by Crippen LogP contribution is -2.12. The highest BCUT2D eigenvalue weighted by Gasteiger charge is 2.08. The molecule has 0 bridgehead atoms. The first-order chi connectivity index (χ1) is 7.49. The molecule has 0 atom stereocenters. The average Bonchev–Trinajstić information content (AvgIpc) is 2.60. The van der Waals surface area contributed by atoms with Crippen LogP contribution in [0.5, 0.6) is 0 Å². The number of nitrogens with one attached hydrogen (secondary N) is 1. The molecule has 88 valence electrons. The van der Waals surface area contributed by atoms with Crippen LogP contribution in [0.15, 0.2) is 15.7 Å². The number of nitrogens with zero attached hydrogens (tertiary/aromatic N) is 2. The van der Waals surface area contributed by atoms with E-state index in [-0.39, 0.29) is 16.9 Å². The van der Waals surface area contributed by atoms with Crippen molar-refractivity contribution in [2.45, 2.75) is 20.8 Å². The van der Waals surface area contributed by atoms with E-state index in [4.69, 9.17) is 16.1 Å². The highest BCUT2D eigenvalue weighted by atomic mass is 35.5. The molecule has 0 aliphatic carbocycles. The fourth-order valence-corrected chi connectivity index (χ4v) is 0.778. The molecule has 1 aromatic rings. The first-order valence-corrected chi connectivity index (χ1v) is 5.01. The van der Waals surface area contributed by atoms with E-state index in [1.807, 2.05) is 13.8 Å². The van der Waals surface area contributed by atoms with Crippen LogP contribution < -0.4 is 5.32 Å². The summed E-state index contributed by atoms with van der Waals surface area (Å²) in [5, 5.41) is 9.53. The second kappa shape index (κ2) is 5.50. The number of amides is 1. The van der Waals surface area contributed by atoms with Gasteiger partial charge in [-0.25, -0.2) is 4.79 Å². The van der Waals surface area contributed by atoms with Gasteiger partial charge in [0.2, 0.25) is 0 Å². The minimum Gasteiger partial charge on any atom is -0.360 e. The van der Waals surface area contributed by atoms with Gasteiger partial charge in [-0.05, 0) is 6.92 Å². The van der Waals surface area contributed by atoms with Gasteiger partial charge in [0.1, 0.15) is 10.9 Å². The second-order valence-corrected chi connectivity index (χ2v) is 3.78. The summed E-state index contributed by atoms with van der Waals surface area (Å²) in [5.74, 6) is 0.848. The maximum Gasteiger partial charge on any atom is 0.439 e. The molecule has 0 unspecified atom stereocenters. The monoisotopic (exact) mass is 245 g/mol. The molecule has 6 nitrogen and oxygen atoms in total. The van der Waals surface area contributed by atoms with E-state index >= 15 is 0 Å². The number of hydrogen-bond acceptors (Lipinski definition) is 5. The number of rotatable bonds is 3. The highest BCUT2D eigenvalue weighted by molar-refractivity contribution is 6.65. The van der Waals surface area contributed by atoms with Crippen molar-refractivity contribution >= 4 is 28.7 Å². The van der Waals surface area contributed by atoms with Gasteiger partial charge >= 0.3 is 6.09 Å². The van der Waals surface area contributed by atoms with Crippen LogP contribution in [0.3, 0.4) is 0 Å². The summed E-state index contributed by atoms with van der Waals surface area (Å²) in [7, 11) is 0. The molecular weight excluding hydrogens is 234 g/mol. The van der Waals surface area contributed by atoms with Crippen molar-refractivity contribution < 1.29 is 14.2 Å². The van der Waals surface area contributed by atoms with E-state index in [1.54, 1.807) is 13.0 Å². The van der Waals surface area contributed by atoms with Crippen LogP contribution in [0, 0.1) is 12.8 Å². The minimum atomic E-state index is -0.771. The third-order valence-electron chi connectivity index (χ3n) is 1.55. The molecular formula is C9H12ClN3O3. The summed E-state index contributed by atoms with van der Waals surface area (Å²) >= 11 is 5.68. The summed E-state index contributed by atoms with van der Waals surface area (Å²) in [6.45, 7) is 5.36. The third kappa shape index (κ3) is 3.90. The van der Waals surface area contributed by atoms with Gasteiger partial charge < -0.3 is 4.52 Å². The number of anilines is 1. The Bertz CT molecular complexity index is 400. The van der Waals surface area contributed by atoms with Gasteiger partial charge in [0.05, 0.1) is 0 Å². The van der Waals surface area contributed by atoms with Crippen LogP contribution in [0.2, 0.25) is 0 Å². The Balaban J connectivity index is 2.45. The summed E-state index contributed by atoms with van der Waals surface area (Å²) < 4.78 is 4.75. The van der Waals surface area contributed by atoms with E-state index in [9.17, 15) is 4.79 Å². The van der Waals surface area contributed by atoms with Crippen molar-refractivity contribution in [3.05, 3.63) is 11.8 Å². The molecule has 1 amide bonds. The standard InChI is InChI=1S/C9H12ClN3O3/c1-5(2)8(10)13-16-9(14)11-7-4-6(3)15-12-7/h4-5H,1-3H3,(H,11,12,14). The number of carbonyl (C=O) groups is 1. The lowest BCUT2D eigenvalue weighted by atomic mass is 10.2. The summed E-state index contributed by atoms with van der Waals surface area (Å²) in [4.78, 5) is 15.7. The van der Waals surface area contributed by atoms with Gasteiger partial charge in [-0.15, -0.1) is 0 Å². The predicted molar refractivity (Wildman–Crippen MR) is 59.5 cm³/mol. The number of halogens is 1. The smallest absolute Gasteiger partial charge is 0.360 e. The van der Waals surface area contributed by atoms with Gasteiger partial charge in [0.15, 0.2) is 5.82 Å². The Hall–Kier alpha value is -1.56. The van der Waals surface area contributed by atoms with Crippen LogP contribution in [0.4, 0.5) is 10.6 Å². The highest BCUT2D eigenvalue weighted by Crippen LogP contribution is 2.08. The average molecular weight is 246 g/mol. The lowest BCUT2D eigenvalue weighted by molar-refractivity contribution is 0.166. The molecule has 1 rings (SSSR count). The van der Waals surface area contributed by atoms with Gasteiger partial charge in [0, 0.05) is 12.0 Å². The Morgan fingerprint density at radius 2 is 2.38 bits per heavy atom. The van der Waals surface area contributed by atoms with E-state index in [2.05, 4.69) is 20.5 Å². The van der Waals surface area contributed by atoms with Crippen LogP contribution in [0.1, 0.15) is 19.6 Å². The molecule has 7 heteroatoms. The SMILES string of the molecule is Cc1cc(NC(=O)ON=C(Cl)C(C)C)no1. The summed E-state index contributed by atoms with van der Waals surface area (Å²) in [6, 6.07) is 1.55. The van der Waals surface area contributed by atoms with Crippen molar-refractivity contribution in [2.75, 3.05) is 5.32 Å². The number of aryl methyl sites for hydroxylation is 1. The minimum absolute atomic E-state index is 0.00348. The molecule has 0 aliphatic heterocycles. The Morgan fingerprint density at radius 1 is 1.69 bits per heavy atom. The topological polar surface area (TPSA) is 76.7 Å². The first-order valence-electron chi connectivity index (χ1n) is 4.63. The molecule has 16 heavy (non-hydrogen) atoms. The number of oxime groups is 1. The Morgan fingerprint density at radius 3 is 2.88 bits per heavy atom. The van der Waals surface area contributed by atoms with Crippen molar-refractivity contribution in [3.63, 3.8) is 0 Å². The predicted octanol–water partition coefficient (Wildman–Crippen LogP) is 2.74. The number of hydrogen-bond donors (Lipinski definition) is 1. The fraction of sp³-hybridized carbons (Fsp3) is 0.444. The van der Waals surface area contributed by atoms with Crippen molar-refractivity contribution in [1.29, 1.82) is 0 Å². The largest absolute Gasteiger partial charge is 0.439 e. The maximum atomic E-state index is 11.2. The molecule has 1 N–H and O–H groups in total. The quantitative estimate of drug-likeness (QED) is 0.505. The van der Waals surface area contributed by atoms with E-state index in [1.165, 1.54) is 0 Å². The normalized spacial score (nSPS) is 11.7. The zero-order valence-corrected chi connectivity index (χ0v) is 9.91. The Labute approximate surface area is 97.6 Å². The fourth-order valence-electron chi connectivity index (χ4n) is 0.743.